The van der Waals surface area contributed by atoms with Gasteiger partial charge in [0.05, 0.1) is 17.6 Å². The van der Waals surface area contributed by atoms with Gasteiger partial charge < -0.3 is 19.2 Å². The van der Waals surface area contributed by atoms with Crippen LogP contribution in [0.5, 0.6) is 5.75 Å². The van der Waals surface area contributed by atoms with Crippen molar-refractivity contribution in [2.24, 2.45) is 0 Å². The maximum atomic E-state index is 13.6. The van der Waals surface area contributed by atoms with Crippen molar-refractivity contribution in [3.63, 3.8) is 0 Å². The summed E-state index contributed by atoms with van der Waals surface area (Å²) < 4.78 is 20.3. The molecule has 0 aliphatic carbocycles. The third kappa shape index (κ3) is 4.23. The summed E-state index contributed by atoms with van der Waals surface area (Å²) in [5, 5.41) is 20.8. The highest BCUT2D eigenvalue weighted by molar-refractivity contribution is 7.99. The number of carbonyl (C=O) groups is 1. The molecule has 0 spiro atoms. The first kappa shape index (κ1) is 23.7. The minimum Gasteiger partial charge on any atom is -0.505 e. The molecule has 0 amide bonds. The van der Waals surface area contributed by atoms with E-state index in [0.29, 0.717) is 26.4 Å². The molecule has 0 saturated carbocycles. The van der Waals surface area contributed by atoms with Crippen molar-refractivity contribution in [3.05, 3.63) is 109 Å². The Morgan fingerprint density at radius 1 is 1.06 bits per heavy atom. The second kappa shape index (κ2) is 9.18. The number of fused-ring (bicyclic) bond motifs is 3. The monoisotopic (exact) mass is 523 g/mol. The minimum atomic E-state index is -1.15. The van der Waals surface area contributed by atoms with Gasteiger partial charge in [-0.05, 0) is 54.1 Å². The van der Waals surface area contributed by atoms with E-state index >= 15 is 0 Å². The van der Waals surface area contributed by atoms with Gasteiger partial charge in [0.2, 0.25) is 0 Å². The number of nitrogens with zero attached hydrogens (tertiary/aromatic N) is 1. The number of carboxylic acids is 1. The third-order valence-corrected chi connectivity index (χ3v) is 6.86. The largest absolute Gasteiger partial charge is 0.505 e. The van der Waals surface area contributed by atoms with Crippen molar-refractivity contribution in [3.8, 4) is 5.75 Å². The van der Waals surface area contributed by atoms with Gasteiger partial charge in [0, 0.05) is 15.3 Å². The molecule has 10 heteroatoms. The lowest BCUT2D eigenvalue weighted by molar-refractivity contribution is 0.0696. The van der Waals surface area contributed by atoms with Crippen LogP contribution in [0.25, 0.3) is 21.9 Å². The Kier molecular flexibility index (Phi) is 6.03. The Balaban J connectivity index is 1.76. The summed E-state index contributed by atoms with van der Waals surface area (Å²) in [5.74, 6) is -2.16. The Labute approximate surface area is 211 Å². The molecule has 0 bridgehead atoms. The first-order valence-corrected chi connectivity index (χ1v) is 11.7. The Morgan fingerprint density at radius 2 is 1.81 bits per heavy atom. The lowest BCUT2D eigenvalue weighted by atomic mass is 10.1. The fourth-order valence-corrected chi connectivity index (χ4v) is 4.95. The zero-order valence-corrected chi connectivity index (χ0v) is 19.8. The SMILES string of the molecule is O=C(O)c1cccc(Sc2c(O)c3c(=O)n(Cc4ccc(F)cc4)c4cc(Cl)ccc4c3oc2=O)c1. The maximum Gasteiger partial charge on any atom is 0.354 e. The molecule has 0 aliphatic heterocycles. The van der Waals surface area contributed by atoms with E-state index in [4.69, 9.17) is 16.0 Å². The van der Waals surface area contributed by atoms with E-state index in [0.717, 1.165) is 11.8 Å². The number of aromatic carboxylic acids is 1. The highest BCUT2D eigenvalue weighted by atomic mass is 35.5. The van der Waals surface area contributed by atoms with E-state index in [1.54, 1.807) is 24.3 Å². The number of carboxylic acid groups (broad SMARTS) is 1. The van der Waals surface area contributed by atoms with Gasteiger partial charge in [-0.2, -0.15) is 0 Å². The van der Waals surface area contributed by atoms with Gasteiger partial charge in [-0.3, -0.25) is 4.79 Å². The van der Waals surface area contributed by atoms with Crippen molar-refractivity contribution >= 4 is 51.2 Å². The summed E-state index contributed by atoms with van der Waals surface area (Å²) >= 11 is 6.96. The quantitative estimate of drug-likeness (QED) is 0.292. The van der Waals surface area contributed by atoms with E-state index in [2.05, 4.69) is 0 Å². The topological polar surface area (TPSA) is 110 Å². The second-order valence-corrected chi connectivity index (χ2v) is 9.41. The van der Waals surface area contributed by atoms with Crippen LogP contribution < -0.4 is 11.2 Å². The summed E-state index contributed by atoms with van der Waals surface area (Å²) in [4.78, 5) is 37.9. The van der Waals surface area contributed by atoms with Crippen molar-refractivity contribution in [2.45, 2.75) is 16.3 Å². The average molecular weight is 524 g/mol. The van der Waals surface area contributed by atoms with E-state index in [-0.39, 0.29) is 28.0 Å². The molecule has 3 aromatic carbocycles. The van der Waals surface area contributed by atoms with E-state index in [1.165, 1.54) is 47.0 Å². The van der Waals surface area contributed by atoms with Crippen LogP contribution in [0.1, 0.15) is 15.9 Å². The van der Waals surface area contributed by atoms with Gasteiger partial charge in [0.1, 0.15) is 16.1 Å². The molecule has 2 N–H and O–H groups in total. The van der Waals surface area contributed by atoms with E-state index in [1.807, 2.05) is 0 Å². The first-order valence-electron chi connectivity index (χ1n) is 10.5. The second-order valence-electron chi connectivity index (χ2n) is 7.89. The van der Waals surface area contributed by atoms with Crippen LogP contribution in [-0.2, 0) is 6.54 Å². The normalized spacial score (nSPS) is 11.3. The highest BCUT2D eigenvalue weighted by Gasteiger charge is 2.23. The average Bonchev–Trinajstić information content (AvgIpc) is 2.85. The minimum absolute atomic E-state index is 0.00538. The van der Waals surface area contributed by atoms with Crippen LogP contribution in [0.15, 0.2) is 90.5 Å². The van der Waals surface area contributed by atoms with Crippen LogP contribution in [0.2, 0.25) is 5.02 Å². The fraction of sp³-hybridized carbons (Fsp3) is 0.0385. The molecular formula is C26H15ClFNO6S. The molecule has 36 heavy (non-hydrogen) atoms. The van der Waals surface area contributed by atoms with Crippen LogP contribution in [0.4, 0.5) is 4.39 Å². The summed E-state index contributed by atoms with van der Waals surface area (Å²) in [6.07, 6.45) is 0. The van der Waals surface area contributed by atoms with Gasteiger partial charge in [0.25, 0.3) is 5.56 Å². The lowest BCUT2D eigenvalue weighted by Gasteiger charge is -2.14. The third-order valence-electron chi connectivity index (χ3n) is 5.57. The van der Waals surface area contributed by atoms with Crippen molar-refractivity contribution < 1.29 is 23.8 Å². The molecule has 2 heterocycles. The highest BCUT2D eigenvalue weighted by Crippen LogP contribution is 2.37. The molecule has 0 atom stereocenters. The number of aromatic nitrogens is 1. The van der Waals surface area contributed by atoms with Crippen molar-refractivity contribution in [1.82, 2.24) is 4.57 Å². The molecule has 5 rings (SSSR count). The number of hydrogen-bond acceptors (Lipinski definition) is 6. The Morgan fingerprint density at radius 3 is 2.53 bits per heavy atom. The molecule has 7 nitrogen and oxygen atoms in total. The number of halogens is 2. The van der Waals surface area contributed by atoms with Gasteiger partial charge in [-0.15, -0.1) is 0 Å². The predicted molar refractivity (Wildman–Crippen MR) is 134 cm³/mol. The van der Waals surface area contributed by atoms with Gasteiger partial charge in [0.15, 0.2) is 11.3 Å². The molecule has 5 aromatic rings. The number of rotatable bonds is 5. The standard InChI is InChI=1S/C26H15ClFNO6S/c27-15-6-9-18-19(11-15)29(12-13-4-7-16(28)8-5-13)24(31)20-21(30)23(26(34)35-22(18)20)36-17-3-1-2-14(10-17)25(32)33/h1-11,30H,12H2,(H,32,33). The smallest absolute Gasteiger partial charge is 0.354 e. The number of hydrogen-bond donors (Lipinski definition) is 2. The number of pyridine rings is 1. The molecule has 0 fully saturated rings. The van der Waals surface area contributed by atoms with Crippen molar-refractivity contribution in [2.75, 3.05) is 0 Å². The lowest BCUT2D eigenvalue weighted by Crippen LogP contribution is -2.23. The summed E-state index contributed by atoms with van der Waals surface area (Å²) in [7, 11) is 0. The van der Waals surface area contributed by atoms with E-state index in [9.17, 15) is 29.0 Å². The fourth-order valence-electron chi connectivity index (χ4n) is 3.89. The number of benzene rings is 3. The molecule has 180 valence electrons. The van der Waals surface area contributed by atoms with E-state index < -0.39 is 28.7 Å². The zero-order chi connectivity index (χ0) is 25.6. The summed E-state index contributed by atoms with van der Waals surface area (Å²) in [6, 6.07) is 16.1. The van der Waals surface area contributed by atoms with Gasteiger partial charge in [-0.25, -0.2) is 14.0 Å². The summed E-state index contributed by atoms with van der Waals surface area (Å²) in [6.45, 7) is 0.0353. The van der Waals surface area contributed by atoms with Crippen LogP contribution in [0.3, 0.4) is 0 Å². The van der Waals surface area contributed by atoms with Crippen LogP contribution >= 0.6 is 23.4 Å². The molecule has 0 unspecified atom stereocenters. The Hall–Kier alpha value is -4.08. The van der Waals surface area contributed by atoms with Crippen LogP contribution in [0, 0.1) is 5.82 Å². The molecule has 0 saturated heterocycles. The molecule has 0 radical (unpaired) electrons. The maximum absolute atomic E-state index is 13.6. The first-order chi connectivity index (χ1) is 17.2. The number of aromatic hydroxyl groups is 1. The zero-order valence-electron chi connectivity index (χ0n) is 18.2. The summed E-state index contributed by atoms with van der Waals surface area (Å²) in [5.41, 5.74) is -0.663. The Bertz CT molecular complexity index is 1800. The van der Waals surface area contributed by atoms with Crippen molar-refractivity contribution in [1.29, 1.82) is 0 Å². The predicted octanol–water partition coefficient (Wildman–Crippen LogP) is 5.50. The van der Waals surface area contributed by atoms with Crippen LogP contribution in [-0.4, -0.2) is 20.7 Å². The van der Waals surface area contributed by atoms with Gasteiger partial charge >= 0.3 is 11.6 Å². The molecule has 2 aromatic heterocycles. The van der Waals surface area contributed by atoms with Gasteiger partial charge in [-0.1, -0.05) is 41.6 Å². The molecule has 0 aliphatic rings. The molecular weight excluding hydrogens is 509 g/mol.